The van der Waals surface area contributed by atoms with E-state index in [0.717, 1.165) is 51.1 Å². The van der Waals surface area contributed by atoms with E-state index >= 15 is 0 Å². The van der Waals surface area contributed by atoms with Crippen molar-refractivity contribution in [3.63, 3.8) is 0 Å². The Morgan fingerprint density at radius 2 is 1.89 bits per heavy atom. The number of piperazine rings is 1. The van der Waals surface area contributed by atoms with Gasteiger partial charge in [-0.15, -0.1) is 0 Å². The van der Waals surface area contributed by atoms with Gasteiger partial charge in [-0.25, -0.2) is 8.42 Å². The van der Waals surface area contributed by atoms with Gasteiger partial charge in [0, 0.05) is 57.3 Å². The molecule has 1 aromatic carbocycles. The van der Waals surface area contributed by atoms with E-state index in [1.165, 1.54) is 9.88 Å². The normalized spacial score (nSPS) is 20.5. The summed E-state index contributed by atoms with van der Waals surface area (Å²) in [7, 11) is -3.34. The van der Waals surface area contributed by atoms with Crippen molar-refractivity contribution >= 4 is 27.8 Å². The number of carbonyl (C=O) groups excluding carboxylic acids is 1. The monoisotopic (exact) mass is 531 g/mol. The highest BCUT2D eigenvalue weighted by molar-refractivity contribution is 7.93. The summed E-state index contributed by atoms with van der Waals surface area (Å²) >= 11 is 0. The van der Waals surface area contributed by atoms with Crippen LogP contribution in [0.5, 0.6) is 0 Å². The van der Waals surface area contributed by atoms with Gasteiger partial charge in [0.1, 0.15) is 0 Å². The minimum atomic E-state index is -3.34. The molecule has 0 saturated carbocycles. The van der Waals surface area contributed by atoms with Crippen LogP contribution < -0.4 is 10.0 Å². The first-order valence-electron chi connectivity index (χ1n) is 13.7. The van der Waals surface area contributed by atoms with E-state index in [4.69, 9.17) is 5.73 Å². The van der Waals surface area contributed by atoms with Gasteiger partial charge in [0.05, 0.1) is 23.8 Å². The second kappa shape index (κ2) is 13.5. The third kappa shape index (κ3) is 8.65. The first-order chi connectivity index (χ1) is 17.6. The molecule has 206 valence electrons. The highest BCUT2D eigenvalue weighted by Crippen LogP contribution is 2.30. The van der Waals surface area contributed by atoms with E-state index in [2.05, 4.69) is 41.6 Å². The van der Waals surface area contributed by atoms with E-state index in [1.54, 1.807) is 6.07 Å². The molecule has 8 nitrogen and oxygen atoms in total. The summed E-state index contributed by atoms with van der Waals surface area (Å²) in [4.78, 5) is 22.1. The molecular weight excluding hydrogens is 486 g/mol. The summed E-state index contributed by atoms with van der Waals surface area (Å²) < 4.78 is 27.0. The van der Waals surface area contributed by atoms with Crippen LogP contribution in [0.25, 0.3) is 0 Å². The average molecular weight is 532 g/mol. The number of benzene rings is 1. The minimum Gasteiger partial charge on any atom is -0.360 e. The van der Waals surface area contributed by atoms with E-state index in [1.807, 2.05) is 25.4 Å². The third-order valence-electron chi connectivity index (χ3n) is 7.25. The van der Waals surface area contributed by atoms with E-state index < -0.39 is 10.0 Å². The highest BCUT2D eigenvalue weighted by Gasteiger charge is 2.30. The number of allylic oxidation sites excluding steroid dienone is 1. The number of nitrogens with zero attached hydrogens (tertiary/aromatic N) is 4. The van der Waals surface area contributed by atoms with Crippen molar-refractivity contribution in [2.75, 3.05) is 49.3 Å². The quantitative estimate of drug-likeness (QED) is 0.192. The molecule has 2 heterocycles. The zero-order valence-corrected chi connectivity index (χ0v) is 23.8. The van der Waals surface area contributed by atoms with Crippen LogP contribution >= 0.6 is 0 Å². The Balaban J connectivity index is 1.63. The van der Waals surface area contributed by atoms with Crippen LogP contribution in [-0.4, -0.2) is 87.4 Å². The van der Waals surface area contributed by atoms with Crippen LogP contribution in [0.1, 0.15) is 69.3 Å². The summed E-state index contributed by atoms with van der Waals surface area (Å²) in [5.41, 5.74) is 9.39. The lowest BCUT2D eigenvalue weighted by Gasteiger charge is -2.34. The minimum absolute atomic E-state index is 0.00847. The Morgan fingerprint density at radius 1 is 1.16 bits per heavy atom. The van der Waals surface area contributed by atoms with Gasteiger partial charge in [-0.1, -0.05) is 30.7 Å². The first-order valence-corrected chi connectivity index (χ1v) is 15.3. The molecule has 0 aliphatic carbocycles. The maximum Gasteiger partial charge on any atom is 0.235 e. The van der Waals surface area contributed by atoms with Gasteiger partial charge in [0.2, 0.25) is 10.0 Å². The molecule has 37 heavy (non-hydrogen) atoms. The lowest BCUT2D eigenvalue weighted by atomic mass is 10.00. The number of carbonyl (C=O) groups is 1. The number of ketones is 1. The number of Topliss-reactive ketones (excluding diaryl/α,β-unsaturated/α-hetero) is 1. The molecule has 0 amide bonds. The van der Waals surface area contributed by atoms with Crippen LogP contribution in [0.15, 0.2) is 34.8 Å². The smallest absolute Gasteiger partial charge is 0.235 e. The maximum absolute atomic E-state index is 12.7. The lowest BCUT2D eigenvalue weighted by molar-refractivity contribution is 0.0978. The summed E-state index contributed by atoms with van der Waals surface area (Å²) in [6.07, 6.45) is 7.58. The fraction of sp³-hybridized carbons (Fsp3) is 0.643. The third-order valence-corrected chi connectivity index (χ3v) is 9.11. The zero-order chi connectivity index (χ0) is 27.0. The van der Waals surface area contributed by atoms with Gasteiger partial charge in [0.25, 0.3) is 0 Å². The second-order valence-corrected chi connectivity index (χ2v) is 12.5. The van der Waals surface area contributed by atoms with Crippen LogP contribution in [0.4, 0.5) is 5.69 Å². The van der Waals surface area contributed by atoms with E-state index in [-0.39, 0.29) is 23.6 Å². The lowest BCUT2D eigenvalue weighted by Crippen LogP contribution is -2.46. The number of anilines is 1. The average Bonchev–Trinajstić information content (AvgIpc) is 3.23. The van der Waals surface area contributed by atoms with Gasteiger partial charge in [0.15, 0.2) is 5.78 Å². The van der Waals surface area contributed by atoms with E-state index in [9.17, 15) is 13.2 Å². The van der Waals surface area contributed by atoms with Crippen LogP contribution in [0, 0.1) is 0 Å². The van der Waals surface area contributed by atoms with Crippen molar-refractivity contribution in [1.82, 2.24) is 9.80 Å². The predicted molar refractivity (Wildman–Crippen MR) is 153 cm³/mol. The number of rotatable bonds is 12. The van der Waals surface area contributed by atoms with Crippen molar-refractivity contribution in [2.45, 2.75) is 71.9 Å². The summed E-state index contributed by atoms with van der Waals surface area (Å²) in [6.45, 7) is 13.3. The largest absolute Gasteiger partial charge is 0.360 e. The summed E-state index contributed by atoms with van der Waals surface area (Å²) in [6, 6.07) is 5.71. The molecule has 0 radical (unpaired) electrons. The fourth-order valence-electron chi connectivity index (χ4n) is 4.75. The molecule has 0 aromatic heterocycles. The van der Waals surface area contributed by atoms with Crippen LogP contribution in [-0.2, 0) is 16.4 Å². The van der Waals surface area contributed by atoms with Crippen molar-refractivity contribution in [3.05, 3.63) is 41.0 Å². The van der Waals surface area contributed by atoms with Gasteiger partial charge in [-0.3, -0.25) is 19.0 Å². The molecule has 2 aliphatic heterocycles. The van der Waals surface area contributed by atoms with Crippen LogP contribution in [0.3, 0.4) is 0 Å². The van der Waals surface area contributed by atoms with Crippen LogP contribution in [0.2, 0.25) is 0 Å². The second-order valence-electron chi connectivity index (χ2n) is 10.5. The van der Waals surface area contributed by atoms with Crippen molar-refractivity contribution < 1.29 is 13.2 Å². The molecular formula is C28H45N5O3S. The molecule has 3 rings (SSSR count). The van der Waals surface area contributed by atoms with E-state index in [0.29, 0.717) is 37.1 Å². The number of aliphatic imine (C=N–C) groups is 1. The number of sulfonamides is 1. The highest BCUT2D eigenvalue weighted by atomic mass is 32.2. The summed E-state index contributed by atoms with van der Waals surface area (Å²) in [5, 5.41) is 0. The molecule has 0 spiro atoms. The van der Waals surface area contributed by atoms with Gasteiger partial charge in [-0.05, 0) is 58.1 Å². The molecule has 2 atom stereocenters. The number of nitrogens with two attached hydrogens (primary N) is 1. The Bertz CT molecular complexity index is 1080. The van der Waals surface area contributed by atoms with Crippen molar-refractivity contribution in [3.8, 4) is 0 Å². The number of hydrogen-bond acceptors (Lipinski definition) is 6. The predicted octanol–water partition coefficient (Wildman–Crippen LogP) is 3.47. The first kappa shape index (κ1) is 29.3. The molecule has 0 bridgehead atoms. The molecule has 2 aliphatic rings. The SMILES string of the molecule is CC/C(C)=C\[C@H](C)N=CN1CCN(CCc2ccc(C(=O)CC[C@@H](C)N)cc2N2CCCS2(=O)=O)CC1. The van der Waals surface area contributed by atoms with Gasteiger partial charge >= 0.3 is 0 Å². The van der Waals surface area contributed by atoms with Gasteiger partial charge in [-0.2, -0.15) is 0 Å². The van der Waals surface area contributed by atoms with Gasteiger partial charge < -0.3 is 10.6 Å². The zero-order valence-electron chi connectivity index (χ0n) is 23.0. The Morgan fingerprint density at radius 3 is 2.51 bits per heavy atom. The maximum atomic E-state index is 12.7. The Labute approximate surface area is 223 Å². The molecule has 9 heteroatoms. The van der Waals surface area contributed by atoms with Crippen molar-refractivity contribution in [1.29, 1.82) is 0 Å². The number of hydrogen-bond donors (Lipinski definition) is 1. The molecule has 2 N–H and O–H groups in total. The standard InChI is InChI=1S/C28H45N5O3S/c1-5-22(2)19-24(4)30-21-32-16-14-31(15-17-32)13-11-25-8-9-26(28(34)10-7-23(3)29)20-27(25)33-12-6-18-37(33,35)36/h8-9,19-21,23-24H,5-7,10-18,29H2,1-4H3/b22-19-,30-21?/t23-,24+/m1/s1. The molecule has 0 unspecified atom stereocenters. The molecule has 2 fully saturated rings. The Hall–Kier alpha value is -2.23. The van der Waals surface area contributed by atoms with Crippen molar-refractivity contribution in [2.24, 2.45) is 10.7 Å². The summed E-state index contributed by atoms with van der Waals surface area (Å²) in [5.74, 6) is 0.166. The Kier molecular flexibility index (Phi) is 10.7. The fourth-order valence-corrected chi connectivity index (χ4v) is 6.34. The molecule has 1 aromatic rings. The topological polar surface area (TPSA) is 99.3 Å². The molecule has 2 saturated heterocycles.